The monoisotopic (exact) mass is 361 g/mol. The van der Waals surface area contributed by atoms with Gasteiger partial charge in [-0.2, -0.15) is 0 Å². The van der Waals surface area contributed by atoms with Gasteiger partial charge in [0.05, 0.1) is 6.61 Å². The topological polar surface area (TPSA) is 47.6 Å². The highest BCUT2D eigenvalue weighted by molar-refractivity contribution is 5.77. The van der Waals surface area contributed by atoms with Crippen LogP contribution in [0.1, 0.15) is 16.7 Å². The number of hydrogen-bond donors (Lipinski definition) is 1. The van der Waals surface area contributed by atoms with Crippen molar-refractivity contribution in [1.29, 1.82) is 0 Å². The largest absolute Gasteiger partial charge is 0.489 e. The molecule has 0 spiro atoms. The lowest BCUT2D eigenvalue weighted by atomic mass is 10.2. The van der Waals surface area contributed by atoms with E-state index in [9.17, 15) is 4.79 Å². The zero-order valence-corrected chi connectivity index (χ0v) is 15.1. The summed E-state index contributed by atoms with van der Waals surface area (Å²) in [5.74, 6) is 0.646. The molecule has 0 unspecified atom stereocenters. The Balaban J connectivity index is 1.40. The summed E-state index contributed by atoms with van der Waals surface area (Å²) in [6.07, 6.45) is 0. The first kappa shape index (κ1) is 18.7. The van der Waals surface area contributed by atoms with Crippen molar-refractivity contribution in [3.05, 3.63) is 102 Å². The summed E-state index contributed by atoms with van der Waals surface area (Å²) in [7, 11) is 0. The van der Waals surface area contributed by atoms with Gasteiger partial charge in [-0.05, 0) is 28.8 Å². The number of ether oxygens (including phenoxy) is 2. The van der Waals surface area contributed by atoms with Gasteiger partial charge in [-0.1, -0.05) is 72.8 Å². The molecule has 0 aliphatic carbocycles. The SMILES string of the molecule is O=C(COCc1ccccc1)NCc1cccc(OCc2ccccc2)c1. The maximum Gasteiger partial charge on any atom is 0.246 e. The van der Waals surface area contributed by atoms with Crippen LogP contribution in [0.5, 0.6) is 5.75 Å². The smallest absolute Gasteiger partial charge is 0.246 e. The highest BCUT2D eigenvalue weighted by Crippen LogP contribution is 2.15. The summed E-state index contributed by atoms with van der Waals surface area (Å²) in [6.45, 7) is 1.43. The molecule has 0 aliphatic heterocycles. The zero-order valence-electron chi connectivity index (χ0n) is 15.1. The van der Waals surface area contributed by atoms with Crippen LogP contribution >= 0.6 is 0 Å². The summed E-state index contributed by atoms with van der Waals surface area (Å²) >= 11 is 0. The standard InChI is InChI=1S/C23H23NO3/c25-23(18-26-16-19-8-3-1-4-9-19)24-15-21-12-7-13-22(14-21)27-17-20-10-5-2-6-11-20/h1-14H,15-18H2,(H,24,25). The number of rotatable bonds is 9. The first-order chi connectivity index (χ1) is 13.3. The van der Waals surface area contributed by atoms with Crippen LogP contribution in [0.2, 0.25) is 0 Å². The summed E-state index contributed by atoms with van der Waals surface area (Å²) in [5, 5.41) is 2.87. The molecule has 138 valence electrons. The predicted octanol–water partition coefficient (Wildman–Crippen LogP) is 4.10. The minimum Gasteiger partial charge on any atom is -0.489 e. The molecule has 0 atom stereocenters. The molecule has 1 N–H and O–H groups in total. The van der Waals surface area contributed by atoms with Crippen molar-refractivity contribution >= 4 is 5.91 Å². The van der Waals surface area contributed by atoms with Gasteiger partial charge in [-0.25, -0.2) is 0 Å². The summed E-state index contributed by atoms with van der Waals surface area (Å²) in [5.41, 5.74) is 3.15. The molecular weight excluding hydrogens is 338 g/mol. The lowest BCUT2D eigenvalue weighted by Gasteiger charge is -2.09. The number of hydrogen-bond acceptors (Lipinski definition) is 3. The van der Waals surface area contributed by atoms with Crippen LogP contribution in [0.4, 0.5) is 0 Å². The van der Waals surface area contributed by atoms with E-state index in [0.717, 1.165) is 22.4 Å². The quantitative estimate of drug-likeness (QED) is 0.624. The fraction of sp³-hybridized carbons (Fsp3) is 0.174. The van der Waals surface area contributed by atoms with E-state index in [-0.39, 0.29) is 12.5 Å². The average molecular weight is 361 g/mol. The fourth-order valence-corrected chi connectivity index (χ4v) is 2.57. The second-order valence-corrected chi connectivity index (χ2v) is 6.18. The molecule has 0 saturated heterocycles. The van der Waals surface area contributed by atoms with Crippen LogP contribution in [0.3, 0.4) is 0 Å². The van der Waals surface area contributed by atoms with Gasteiger partial charge >= 0.3 is 0 Å². The van der Waals surface area contributed by atoms with E-state index in [4.69, 9.17) is 9.47 Å². The average Bonchev–Trinajstić information content (AvgIpc) is 2.73. The highest BCUT2D eigenvalue weighted by atomic mass is 16.5. The zero-order chi connectivity index (χ0) is 18.7. The molecule has 3 rings (SSSR count). The molecule has 3 aromatic rings. The molecule has 0 bridgehead atoms. The molecule has 0 aromatic heterocycles. The van der Waals surface area contributed by atoms with Gasteiger partial charge in [0.1, 0.15) is 19.0 Å². The molecule has 0 fully saturated rings. The minimum atomic E-state index is -0.137. The number of amides is 1. The molecule has 1 amide bonds. The van der Waals surface area contributed by atoms with Gasteiger partial charge < -0.3 is 14.8 Å². The summed E-state index contributed by atoms with van der Waals surface area (Å²) < 4.78 is 11.3. The van der Waals surface area contributed by atoms with E-state index >= 15 is 0 Å². The maximum absolute atomic E-state index is 11.9. The van der Waals surface area contributed by atoms with Crippen molar-refractivity contribution in [3.8, 4) is 5.75 Å². The van der Waals surface area contributed by atoms with Crippen molar-refractivity contribution in [2.75, 3.05) is 6.61 Å². The first-order valence-electron chi connectivity index (χ1n) is 8.93. The Hall–Kier alpha value is -3.11. The van der Waals surface area contributed by atoms with Crippen LogP contribution in [0, 0.1) is 0 Å². The van der Waals surface area contributed by atoms with Gasteiger partial charge in [0.2, 0.25) is 5.91 Å². The number of carbonyl (C=O) groups is 1. The molecular formula is C23H23NO3. The molecule has 4 nitrogen and oxygen atoms in total. The lowest BCUT2D eigenvalue weighted by molar-refractivity contribution is -0.126. The van der Waals surface area contributed by atoms with Gasteiger partial charge in [-0.3, -0.25) is 4.79 Å². The second-order valence-electron chi connectivity index (χ2n) is 6.18. The van der Waals surface area contributed by atoms with Crippen molar-refractivity contribution in [1.82, 2.24) is 5.32 Å². The second kappa shape index (κ2) is 10.1. The van der Waals surface area contributed by atoms with Crippen molar-refractivity contribution in [3.63, 3.8) is 0 Å². The lowest BCUT2D eigenvalue weighted by Crippen LogP contribution is -2.27. The first-order valence-corrected chi connectivity index (χ1v) is 8.93. The highest BCUT2D eigenvalue weighted by Gasteiger charge is 2.03. The Kier molecular flexibility index (Phi) is 7.01. The fourth-order valence-electron chi connectivity index (χ4n) is 2.57. The minimum absolute atomic E-state index is 0.0408. The third kappa shape index (κ3) is 6.60. The van der Waals surface area contributed by atoms with Crippen LogP contribution in [0.15, 0.2) is 84.9 Å². The van der Waals surface area contributed by atoms with E-state index in [0.29, 0.717) is 19.8 Å². The van der Waals surface area contributed by atoms with Gasteiger partial charge in [0, 0.05) is 6.54 Å². The third-order valence-electron chi connectivity index (χ3n) is 3.98. The van der Waals surface area contributed by atoms with Crippen LogP contribution < -0.4 is 10.1 Å². The van der Waals surface area contributed by atoms with E-state index in [1.54, 1.807) is 0 Å². The van der Waals surface area contributed by atoms with Gasteiger partial charge in [0.25, 0.3) is 0 Å². The number of carbonyl (C=O) groups excluding carboxylic acids is 1. The van der Waals surface area contributed by atoms with E-state index in [1.165, 1.54) is 0 Å². The predicted molar refractivity (Wildman–Crippen MR) is 105 cm³/mol. The number of nitrogens with one attached hydrogen (secondary N) is 1. The molecule has 0 aliphatic rings. The molecule has 0 heterocycles. The number of benzene rings is 3. The van der Waals surface area contributed by atoms with E-state index in [2.05, 4.69) is 5.32 Å². The molecule has 0 saturated carbocycles. The Morgan fingerprint density at radius 1 is 0.741 bits per heavy atom. The Morgan fingerprint density at radius 3 is 2.07 bits per heavy atom. The molecule has 4 heteroatoms. The van der Waals surface area contributed by atoms with E-state index in [1.807, 2.05) is 84.9 Å². The van der Waals surface area contributed by atoms with Gasteiger partial charge in [0.15, 0.2) is 0 Å². The van der Waals surface area contributed by atoms with Crippen LogP contribution in [0.25, 0.3) is 0 Å². The maximum atomic E-state index is 11.9. The third-order valence-corrected chi connectivity index (χ3v) is 3.98. The van der Waals surface area contributed by atoms with E-state index < -0.39 is 0 Å². The normalized spacial score (nSPS) is 10.4. The Bertz CT molecular complexity index is 835. The van der Waals surface area contributed by atoms with Crippen LogP contribution in [-0.2, 0) is 29.3 Å². The molecule has 0 radical (unpaired) electrons. The van der Waals surface area contributed by atoms with Crippen LogP contribution in [-0.4, -0.2) is 12.5 Å². The Labute approximate surface area is 159 Å². The molecule has 27 heavy (non-hydrogen) atoms. The van der Waals surface area contributed by atoms with Crippen molar-refractivity contribution < 1.29 is 14.3 Å². The Morgan fingerprint density at radius 2 is 1.37 bits per heavy atom. The van der Waals surface area contributed by atoms with Crippen molar-refractivity contribution in [2.24, 2.45) is 0 Å². The van der Waals surface area contributed by atoms with Gasteiger partial charge in [-0.15, -0.1) is 0 Å². The van der Waals surface area contributed by atoms with Crippen molar-refractivity contribution in [2.45, 2.75) is 19.8 Å². The summed E-state index contributed by atoms with van der Waals surface area (Å²) in [4.78, 5) is 11.9. The molecule has 3 aromatic carbocycles. The summed E-state index contributed by atoms with van der Waals surface area (Å²) in [6, 6.07) is 27.5.